The van der Waals surface area contributed by atoms with Crippen molar-refractivity contribution < 1.29 is 18.1 Å². The third-order valence-corrected chi connectivity index (χ3v) is 7.41. The molecule has 2 fully saturated rings. The summed E-state index contributed by atoms with van der Waals surface area (Å²) in [5.41, 5.74) is 6.08. The summed E-state index contributed by atoms with van der Waals surface area (Å²) in [7, 11) is -3.85. The lowest BCUT2D eigenvalue weighted by molar-refractivity contribution is -0.385. The van der Waals surface area contributed by atoms with Crippen LogP contribution in [0.3, 0.4) is 0 Å². The molecule has 1 amide bonds. The molecule has 2 N–H and O–H groups in total. The van der Waals surface area contributed by atoms with Crippen molar-refractivity contribution in [3.63, 3.8) is 0 Å². The Morgan fingerprint density at radius 3 is 2.39 bits per heavy atom. The second kappa shape index (κ2) is 8.73. The van der Waals surface area contributed by atoms with Crippen molar-refractivity contribution in [1.82, 2.24) is 9.21 Å². The van der Waals surface area contributed by atoms with Gasteiger partial charge in [0.1, 0.15) is 0 Å². The number of aryl methyl sites for hydroxylation is 1. The van der Waals surface area contributed by atoms with Crippen molar-refractivity contribution in [3.05, 3.63) is 33.9 Å². The second-order valence-corrected chi connectivity index (χ2v) is 9.11. The number of sulfonamides is 1. The number of nitro groups is 1. The van der Waals surface area contributed by atoms with Gasteiger partial charge in [0.25, 0.3) is 5.69 Å². The zero-order valence-corrected chi connectivity index (χ0v) is 17.2. The Hall–Kier alpha value is -1.75. The van der Waals surface area contributed by atoms with Crippen LogP contribution in [0.4, 0.5) is 5.69 Å². The predicted molar refractivity (Wildman–Crippen MR) is 106 cm³/mol. The van der Waals surface area contributed by atoms with Gasteiger partial charge >= 0.3 is 0 Å². The van der Waals surface area contributed by atoms with Crippen LogP contribution in [-0.2, 0) is 14.8 Å². The molecule has 2 atom stereocenters. The number of nitrogens with two attached hydrogens (primary N) is 1. The van der Waals surface area contributed by atoms with Crippen LogP contribution in [0, 0.1) is 23.0 Å². The summed E-state index contributed by atoms with van der Waals surface area (Å²) in [5.74, 6) is -0.0197. The number of non-ortho nitro benzene ring substituents is 1. The number of nitrogens with zero attached hydrogens (tertiary/aromatic N) is 3. The molecular weight excluding hydrogens is 408 g/mol. The molecule has 1 aromatic rings. The highest BCUT2D eigenvalue weighted by Gasteiger charge is 2.35. The Kier molecular flexibility index (Phi) is 7.02. The van der Waals surface area contributed by atoms with E-state index in [9.17, 15) is 23.3 Å². The minimum Gasteiger partial charge on any atom is -0.340 e. The SMILES string of the molecule is Cc1ccc([N+](=O)[O-])cc1S(=O)(=O)N1CCN(C(=O)C2CCC(N)C2)CC1.Cl. The first-order valence-corrected chi connectivity index (χ1v) is 10.4. The maximum atomic E-state index is 12.9. The van der Waals surface area contributed by atoms with Crippen LogP contribution in [0.15, 0.2) is 23.1 Å². The Labute approximate surface area is 170 Å². The first-order chi connectivity index (χ1) is 12.7. The average Bonchev–Trinajstić information content (AvgIpc) is 3.07. The molecule has 11 heteroatoms. The first-order valence-electron chi connectivity index (χ1n) is 8.99. The number of carbonyl (C=O) groups excluding carboxylic acids is 1. The molecule has 9 nitrogen and oxygen atoms in total. The Morgan fingerprint density at radius 1 is 1.21 bits per heavy atom. The van der Waals surface area contributed by atoms with Crippen molar-refractivity contribution in [2.75, 3.05) is 26.2 Å². The maximum absolute atomic E-state index is 12.9. The van der Waals surface area contributed by atoms with Crippen LogP contribution < -0.4 is 5.73 Å². The summed E-state index contributed by atoms with van der Waals surface area (Å²) >= 11 is 0. The highest BCUT2D eigenvalue weighted by atomic mass is 35.5. The largest absolute Gasteiger partial charge is 0.340 e. The highest BCUT2D eigenvalue weighted by molar-refractivity contribution is 7.89. The topological polar surface area (TPSA) is 127 Å². The third-order valence-electron chi connectivity index (χ3n) is 5.37. The minimum atomic E-state index is -3.85. The molecule has 156 valence electrons. The second-order valence-electron chi connectivity index (χ2n) is 7.21. The molecule has 0 radical (unpaired) electrons. The highest BCUT2D eigenvalue weighted by Crippen LogP contribution is 2.28. The monoisotopic (exact) mass is 432 g/mol. The summed E-state index contributed by atoms with van der Waals surface area (Å²) in [6.45, 7) is 2.60. The standard InChI is InChI=1S/C17H24N4O5S.ClH/c1-12-2-5-15(21(23)24)11-16(12)27(25,26)20-8-6-19(7-9-20)17(22)13-3-4-14(18)10-13;/h2,5,11,13-14H,3-4,6-10,18H2,1H3;1H. The molecule has 2 unspecified atom stereocenters. The summed E-state index contributed by atoms with van der Waals surface area (Å²) in [6.07, 6.45) is 2.31. The Balaban J connectivity index is 0.00000280. The Bertz CT molecular complexity index is 855. The van der Waals surface area contributed by atoms with Gasteiger partial charge in [-0.05, 0) is 31.7 Å². The van der Waals surface area contributed by atoms with Gasteiger partial charge in [-0.25, -0.2) is 8.42 Å². The van der Waals surface area contributed by atoms with Crippen molar-refractivity contribution in [3.8, 4) is 0 Å². The summed E-state index contributed by atoms with van der Waals surface area (Å²) in [5, 5.41) is 11.0. The summed E-state index contributed by atoms with van der Waals surface area (Å²) in [4.78, 5) is 24.6. The van der Waals surface area contributed by atoms with E-state index >= 15 is 0 Å². The normalized spacial score (nSPS) is 23.3. The van der Waals surface area contributed by atoms with Gasteiger partial charge in [-0.15, -0.1) is 12.4 Å². The van der Waals surface area contributed by atoms with E-state index in [1.165, 1.54) is 16.4 Å². The fourth-order valence-electron chi connectivity index (χ4n) is 3.77. The minimum absolute atomic E-state index is 0. The lowest BCUT2D eigenvalue weighted by Gasteiger charge is -2.35. The fourth-order valence-corrected chi connectivity index (χ4v) is 5.43. The van der Waals surface area contributed by atoms with Gasteiger partial charge in [0.05, 0.1) is 9.82 Å². The zero-order valence-electron chi connectivity index (χ0n) is 15.6. The van der Waals surface area contributed by atoms with E-state index in [4.69, 9.17) is 5.73 Å². The summed E-state index contributed by atoms with van der Waals surface area (Å²) in [6, 6.07) is 3.89. The number of hydrogen-bond donors (Lipinski definition) is 1. The average molecular weight is 433 g/mol. The van der Waals surface area contributed by atoms with Crippen molar-refractivity contribution in [2.45, 2.75) is 37.1 Å². The van der Waals surface area contributed by atoms with E-state index in [0.29, 0.717) is 25.1 Å². The molecule has 28 heavy (non-hydrogen) atoms. The lowest BCUT2D eigenvalue weighted by atomic mass is 10.1. The summed E-state index contributed by atoms with van der Waals surface area (Å²) < 4.78 is 27.2. The molecule has 1 heterocycles. The smallest absolute Gasteiger partial charge is 0.270 e. The van der Waals surface area contributed by atoms with E-state index in [1.54, 1.807) is 11.8 Å². The van der Waals surface area contributed by atoms with Gasteiger partial charge < -0.3 is 10.6 Å². The molecule has 0 aromatic heterocycles. The van der Waals surface area contributed by atoms with Crippen LogP contribution in [0.1, 0.15) is 24.8 Å². The molecular formula is C17H25ClN4O5S. The van der Waals surface area contributed by atoms with Crippen LogP contribution in [0.25, 0.3) is 0 Å². The molecule has 1 saturated carbocycles. The van der Waals surface area contributed by atoms with E-state index in [2.05, 4.69) is 0 Å². The molecule has 0 bridgehead atoms. The van der Waals surface area contributed by atoms with Crippen LogP contribution in [0.2, 0.25) is 0 Å². The zero-order chi connectivity index (χ0) is 19.8. The van der Waals surface area contributed by atoms with Gasteiger partial charge in [-0.1, -0.05) is 6.07 Å². The molecule has 3 rings (SSSR count). The number of amides is 1. The maximum Gasteiger partial charge on any atom is 0.270 e. The quantitative estimate of drug-likeness (QED) is 0.564. The van der Waals surface area contributed by atoms with E-state index in [0.717, 1.165) is 18.9 Å². The number of halogens is 1. The van der Waals surface area contributed by atoms with Crippen molar-refractivity contribution in [2.24, 2.45) is 11.7 Å². The number of carbonyl (C=O) groups is 1. The fraction of sp³-hybridized carbons (Fsp3) is 0.588. The molecule has 1 aromatic carbocycles. The molecule has 1 aliphatic heterocycles. The predicted octanol–water partition coefficient (Wildman–Crippen LogP) is 1.29. The number of benzene rings is 1. The number of piperazine rings is 1. The van der Waals surface area contributed by atoms with Gasteiger partial charge in [-0.3, -0.25) is 14.9 Å². The first kappa shape index (κ1) is 22.5. The van der Waals surface area contributed by atoms with Gasteiger partial charge in [0.15, 0.2) is 0 Å². The number of rotatable bonds is 4. The molecule has 0 spiro atoms. The molecule has 1 saturated heterocycles. The third kappa shape index (κ3) is 4.45. The molecule has 2 aliphatic rings. The number of hydrogen-bond acceptors (Lipinski definition) is 6. The van der Waals surface area contributed by atoms with E-state index < -0.39 is 14.9 Å². The van der Waals surface area contributed by atoms with Gasteiger partial charge in [0, 0.05) is 50.3 Å². The van der Waals surface area contributed by atoms with Crippen molar-refractivity contribution in [1.29, 1.82) is 0 Å². The van der Waals surface area contributed by atoms with Crippen LogP contribution in [0.5, 0.6) is 0 Å². The number of nitro benzene ring substituents is 1. The molecule has 1 aliphatic carbocycles. The van der Waals surface area contributed by atoms with Gasteiger partial charge in [-0.2, -0.15) is 4.31 Å². The van der Waals surface area contributed by atoms with Crippen LogP contribution >= 0.6 is 12.4 Å². The van der Waals surface area contributed by atoms with E-state index in [-0.39, 0.29) is 53.9 Å². The van der Waals surface area contributed by atoms with Crippen LogP contribution in [-0.4, -0.2) is 60.7 Å². The van der Waals surface area contributed by atoms with Gasteiger partial charge in [0.2, 0.25) is 15.9 Å². The van der Waals surface area contributed by atoms with Crippen molar-refractivity contribution >= 4 is 34.0 Å². The Morgan fingerprint density at radius 2 is 1.86 bits per heavy atom. The lowest BCUT2D eigenvalue weighted by Crippen LogP contribution is -2.51. The van der Waals surface area contributed by atoms with E-state index in [1.807, 2.05) is 0 Å².